The van der Waals surface area contributed by atoms with E-state index in [1.807, 2.05) is 6.08 Å². The van der Waals surface area contributed by atoms with Gasteiger partial charge in [-0.1, -0.05) is 52.8 Å². The second kappa shape index (κ2) is 33.0. The smallest absolute Gasteiger partial charge is 0.407 e. The fourth-order valence-electron chi connectivity index (χ4n) is 9.05. The zero-order chi connectivity index (χ0) is 46.8. The molecule has 0 saturated heterocycles. The molecule has 0 radical (unpaired) electrons. The Kier molecular flexibility index (Phi) is 29.2. The lowest BCUT2D eigenvalue weighted by atomic mass is 9.60. The molecule has 18 heteroatoms. The molecule has 0 spiro atoms. The number of hydrogen-bond acceptors (Lipinski definition) is 16. The molecule has 2 rings (SSSR count). The van der Waals surface area contributed by atoms with Crippen molar-refractivity contribution in [2.24, 2.45) is 31.6 Å². The van der Waals surface area contributed by atoms with Gasteiger partial charge in [0.1, 0.15) is 13.2 Å². The quantitative estimate of drug-likeness (QED) is 0.0323. The molecule has 64 heavy (non-hydrogen) atoms. The number of carbonyl (C=O) groups excluding carboxylic acids is 4. The fourth-order valence-corrected chi connectivity index (χ4v) is 9.05. The van der Waals surface area contributed by atoms with Crippen molar-refractivity contribution in [2.75, 3.05) is 132 Å². The molecule has 0 heterocycles. The lowest BCUT2D eigenvalue weighted by Crippen LogP contribution is -2.49. The van der Waals surface area contributed by atoms with E-state index in [0.717, 1.165) is 51.6 Å². The van der Waals surface area contributed by atoms with Crippen molar-refractivity contribution in [2.45, 2.75) is 91.6 Å². The average Bonchev–Trinajstić information content (AvgIpc) is 3.22. The van der Waals surface area contributed by atoms with Crippen LogP contribution in [-0.4, -0.2) is 168 Å². The molecule has 0 bridgehead atoms. The van der Waals surface area contributed by atoms with Gasteiger partial charge in [-0.3, -0.25) is 0 Å². The van der Waals surface area contributed by atoms with E-state index < -0.39 is 12.2 Å². The molecule has 0 aromatic heterocycles. The summed E-state index contributed by atoms with van der Waals surface area (Å²) in [6.45, 7) is 22.4. The van der Waals surface area contributed by atoms with Gasteiger partial charge in [0, 0.05) is 25.2 Å². The summed E-state index contributed by atoms with van der Waals surface area (Å²) in [5, 5.41) is 9.22. The molecule has 0 aromatic rings. The van der Waals surface area contributed by atoms with E-state index in [9.17, 15) is 19.2 Å². The molecule has 0 aliphatic heterocycles. The Morgan fingerprint density at radius 2 is 0.969 bits per heavy atom. The minimum Gasteiger partial charge on any atom is -0.447 e. The van der Waals surface area contributed by atoms with Gasteiger partial charge in [0.15, 0.2) is 0 Å². The molecule has 2 saturated carbocycles. The van der Waals surface area contributed by atoms with Gasteiger partial charge in [0.05, 0.1) is 106 Å². The summed E-state index contributed by atoms with van der Waals surface area (Å²) >= 11 is 0. The monoisotopic (exact) mass is 910 g/mol. The minimum absolute atomic E-state index is 0.00776. The number of hydrogen-bond donors (Lipinski definition) is 3. The molecule has 18 nitrogen and oxygen atoms in total. The predicted octanol–water partition coefficient (Wildman–Crippen LogP) is 5.10. The first kappa shape index (κ1) is 56.6. The highest BCUT2D eigenvalue weighted by Gasteiger charge is 2.44. The molecular formula is C46H79N5O13. The Labute approximate surface area is 381 Å². The maximum absolute atomic E-state index is 12.6. The maximum Gasteiger partial charge on any atom is 0.407 e. The zero-order valence-electron chi connectivity index (χ0n) is 39.4. The summed E-state index contributed by atoms with van der Waals surface area (Å²) in [7, 11) is 0. The van der Waals surface area contributed by atoms with Crippen LogP contribution in [0.4, 0.5) is 9.59 Å². The number of nitrogens with one attached hydrogen (secondary N) is 3. The molecule has 2 amide bonds. The first-order valence-corrected chi connectivity index (χ1v) is 22.7. The number of isocyanates is 2. The third kappa shape index (κ3) is 27.7. The summed E-state index contributed by atoms with van der Waals surface area (Å²) in [4.78, 5) is 54.3. The molecule has 2 fully saturated rings. The molecule has 4 atom stereocenters. The highest BCUT2D eigenvalue weighted by Crippen LogP contribution is 2.49. The van der Waals surface area contributed by atoms with Gasteiger partial charge in [-0.25, -0.2) is 29.2 Å². The lowest BCUT2D eigenvalue weighted by Gasteiger charge is -2.47. The van der Waals surface area contributed by atoms with Crippen molar-refractivity contribution >= 4 is 24.3 Å². The number of alkyl carbamates (subject to hydrolysis) is 2. The summed E-state index contributed by atoms with van der Waals surface area (Å²) < 4.78 is 49.3. The Bertz CT molecular complexity index is 1440. The van der Waals surface area contributed by atoms with E-state index in [2.05, 4.69) is 79.3 Å². The van der Waals surface area contributed by atoms with Gasteiger partial charge in [-0.05, 0) is 66.6 Å². The highest BCUT2D eigenvalue weighted by molar-refractivity contribution is 5.68. The highest BCUT2D eigenvalue weighted by atomic mass is 16.6. The van der Waals surface area contributed by atoms with Crippen LogP contribution in [0.1, 0.15) is 79.6 Å². The van der Waals surface area contributed by atoms with Gasteiger partial charge < -0.3 is 58.6 Å². The van der Waals surface area contributed by atoms with Crippen LogP contribution in [0.2, 0.25) is 0 Å². The number of ether oxygens (including phenoxy) is 9. The van der Waals surface area contributed by atoms with E-state index in [-0.39, 0.29) is 60.2 Å². The van der Waals surface area contributed by atoms with E-state index in [1.165, 1.54) is 0 Å². The SMILES string of the molecule is C=CCNC/C=C\CC1(CN=C=O)CC(NC(=O)OCCOCCOCCOCCOCCOCCOCCOCCOC(=O)NC2CC(C)(C)CC(C)(CN=C=O)C2)CC(C)(C)C1. The third-order valence-corrected chi connectivity index (χ3v) is 10.8. The molecule has 3 N–H and O–H groups in total. The van der Waals surface area contributed by atoms with Crippen molar-refractivity contribution in [3.63, 3.8) is 0 Å². The Morgan fingerprint density at radius 3 is 1.41 bits per heavy atom. The largest absolute Gasteiger partial charge is 0.447 e. The lowest BCUT2D eigenvalue weighted by molar-refractivity contribution is -0.0229. The van der Waals surface area contributed by atoms with Gasteiger partial charge in [0.2, 0.25) is 12.2 Å². The summed E-state index contributed by atoms with van der Waals surface area (Å²) in [5.41, 5.74) is -0.494. The van der Waals surface area contributed by atoms with Crippen LogP contribution in [0.25, 0.3) is 0 Å². The van der Waals surface area contributed by atoms with Crippen molar-refractivity contribution in [3.8, 4) is 0 Å². The van der Waals surface area contributed by atoms with E-state index in [1.54, 1.807) is 12.2 Å². The van der Waals surface area contributed by atoms with Crippen molar-refractivity contribution in [1.82, 2.24) is 16.0 Å². The maximum atomic E-state index is 12.6. The molecule has 0 aromatic carbocycles. The second-order valence-corrected chi connectivity index (χ2v) is 18.5. The van der Waals surface area contributed by atoms with Gasteiger partial charge >= 0.3 is 12.2 Å². The van der Waals surface area contributed by atoms with E-state index in [0.29, 0.717) is 98.8 Å². The van der Waals surface area contributed by atoms with Crippen molar-refractivity contribution in [3.05, 3.63) is 24.8 Å². The molecule has 2 aliphatic carbocycles. The number of nitrogens with zero attached hydrogens (tertiary/aromatic N) is 2. The van der Waals surface area contributed by atoms with Crippen LogP contribution >= 0.6 is 0 Å². The topological polar surface area (TPSA) is 212 Å². The molecule has 2 aliphatic rings. The second-order valence-electron chi connectivity index (χ2n) is 18.5. The zero-order valence-corrected chi connectivity index (χ0v) is 39.4. The van der Waals surface area contributed by atoms with E-state index in [4.69, 9.17) is 42.6 Å². The number of amides is 2. The summed E-state index contributed by atoms with van der Waals surface area (Å²) in [6.07, 6.45) is 13.9. The molecular weight excluding hydrogens is 831 g/mol. The van der Waals surface area contributed by atoms with Crippen molar-refractivity contribution in [1.29, 1.82) is 0 Å². The number of aliphatic imine (C=N–C) groups is 2. The Balaban J connectivity index is 1.36. The van der Waals surface area contributed by atoms with Crippen LogP contribution in [0.5, 0.6) is 0 Å². The van der Waals surface area contributed by atoms with Crippen molar-refractivity contribution < 1.29 is 61.8 Å². The van der Waals surface area contributed by atoms with Crippen LogP contribution < -0.4 is 16.0 Å². The number of allylic oxidation sites excluding steroid dienone is 1. The van der Waals surface area contributed by atoms with Gasteiger partial charge in [-0.15, -0.1) is 6.58 Å². The predicted molar refractivity (Wildman–Crippen MR) is 241 cm³/mol. The summed E-state index contributed by atoms with van der Waals surface area (Å²) in [5.74, 6) is 0. The normalized spacial score (nSPS) is 22.5. The molecule has 366 valence electrons. The standard InChI is InChI=1S/C46H79N5O13/c1-7-11-47-12-9-8-10-46(36-49-38-53)32-40(30-44(4,5)34-46)51-42(55)64-28-26-62-24-22-60-20-18-58-16-14-56-13-15-57-17-19-59-21-23-61-25-27-63-41(54)50-39-29-43(2,3)33-45(6,31-39)35-48-37-52/h7-9,39-40,47H,1,10-36H2,2-6H3,(H,50,54)(H,51,55)/b9-8-. The van der Waals surface area contributed by atoms with Crippen LogP contribution in [0, 0.1) is 21.7 Å². The Morgan fingerprint density at radius 1 is 0.562 bits per heavy atom. The Hall–Kier alpha value is -3.54. The van der Waals surface area contributed by atoms with Crippen LogP contribution in [-0.2, 0) is 52.2 Å². The third-order valence-electron chi connectivity index (χ3n) is 10.8. The van der Waals surface area contributed by atoms with E-state index >= 15 is 0 Å². The number of carbonyl (C=O) groups is 2. The van der Waals surface area contributed by atoms with Crippen LogP contribution in [0.3, 0.4) is 0 Å². The fraction of sp³-hybridized carbons (Fsp3) is 0.826. The summed E-state index contributed by atoms with van der Waals surface area (Å²) in [6, 6.07) is -0.169. The minimum atomic E-state index is -0.490. The van der Waals surface area contributed by atoms with Gasteiger partial charge in [0.25, 0.3) is 0 Å². The first-order chi connectivity index (χ1) is 30.7. The average molecular weight is 910 g/mol. The number of rotatable bonds is 36. The van der Waals surface area contributed by atoms with Crippen LogP contribution in [0.15, 0.2) is 34.8 Å². The van der Waals surface area contributed by atoms with Gasteiger partial charge in [-0.2, -0.15) is 0 Å². The first-order valence-electron chi connectivity index (χ1n) is 22.7. The molecule has 4 unspecified atom stereocenters.